The number of guanidine groups is 1. The van der Waals surface area contributed by atoms with Gasteiger partial charge in [0.2, 0.25) is 0 Å². The number of hydrogen-bond donors (Lipinski definition) is 2. The zero-order valence-corrected chi connectivity index (χ0v) is 21.4. The van der Waals surface area contributed by atoms with E-state index >= 15 is 0 Å². The van der Waals surface area contributed by atoms with Crippen LogP contribution in [0.4, 0.5) is 0 Å². The van der Waals surface area contributed by atoms with Crippen LogP contribution in [0.5, 0.6) is 11.5 Å². The van der Waals surface area contributed by atoms with Gasteiger partial charge >= 0.3 is 0 Å². The fraction of sp³-hybridized carbons (Fsp3) is 0.375. The maximum atomic E-state index is 5.94. The van der Waals surface area contributed by atoms with Crippen molar-refractivity contribution in [2.45, 2.75) is 45.5 Å². The van der Waals surface area contributed by atoms with Crippen molar-refractivity contribution in [3.05, 3.63) is 71.8 Å². The Labute approximate surface area is 211 Å². The summed E-state index contributed by atoms with van der Waals surface area (Å²) in [6.45, 7) is 4.62. The van der Waals surface area contributed by atoms with Crippen molar-refractivity contribution in [1.82, 2.24) is 25.4 Å². The molecule has 1 aliphatic rings. The summed E-state index contributed by atoms with van der Waals surface area (Å²) in [7, 11) is 1.66. The summed E-state index contributed by atoms with van der Waals surface area (Å²) in [5.41, 5.74) is 1.09. The third-order valence-electron chi connectivity index (χ3n) is 5.16. The first-order valence-electron chi connectivity index (χ1n) is 11.0. The number of para-hydroxylation sites is 1. The summed E-state index contributed by atoms with van der Waals surface area (Å²) in [5, 5.41) is 11.4. The maximum absolute atomic E-state index is 5.94. The lowest BCUT2D eigenvalue weighted by atomic mass is 10.1. The zero-order chi connectivity index (χ0) is 22.2. The van der Waals surface area contributed by atoms with E-state index in [2.05, 4.69) is 33.7 Å². The number of benzene rings is 2. The van der Waals surface area contributed by atoms with Crippen LogP contribution in [0.15, 0.2) is 59.6 Å². The van der Waals surface area contributed by atoms with Gasteiger partial charge in [0.1, 0.15) is 23.9 Å². The first kappa shape index (κ1) is 25.0. The Kier molecular flexibility index (Phi) is 9.49. The fourth-order valence-corrected chi connectivity index (χ4v) is 3.68. The number of aliphatic imine (C=N–C) groups is 1. The standard InChI is InChI=1S/C24H30N6O2.HI/c1-3-25-24(27-19-12-13-23-28-22(17-31-2)29-30(23)16-19)26-15-18-8-7-11-21(14-18)32-20-9-5-4-6-10-20;/h4-11,14,19H,3,12-13,15-17H2,1-2H3,(H2,25,26,27);1H. The number of methoxy groups -OCH3 is 1. The minimum Gasteiger partial charge on any atom is -0.457 e. The van der Waals surface area contributed by atoms with Crippen molar-refractivity contribution in [2.24, 2.45) is 4.99 Å². The summed E-state index contributed by atoms with van der Waals surface area (Å²) in [6.07, 6.45) is 1.86. The summed E-state index contributed by atoms with van der Waals surface area (Å²) in [4.78, 5) is 9.34. The van der Waals surface area contributed by atoms with Crippen LogP contribution in [0.2, 0.25) is 0 Å². The lowest BCUT2D eigenvalue weighted by Gasteiger charge is -2.25. The van der Waals surface area contributed by atoms with Gasteiger partial charge in [0.05, 0.1) is 13.1 Å². The van der Waals surface area contributed by atoms with Crippen molar-refractivity contribution in [1.29, 1.82) is 0 Å². The molecule has 1 atom stereocenters. The van der Waals surface area contributed by atoms with Crippen molar-refractivity contribution >= 4 is 29.9 Å². The SMILES string of the molecule is CCNC(=NCc1cccc(Oc2ccccc2)c1)NC1CCc2nc(COC)nn2C1.I. The Hall–Kier alpha value is -2.66. The van der Waals surface area contributed by atoms with E-state index in [9.17, 15) is 0 Å². The van der Waals surface area contributed by atoms with Crippen LogP contribution in [-0.2, 0) is 30.9 Å². The number of aryl methyl sites for hydroxylation is 1. The minimum absolute atomic E-state index is 0. The van der Waals surface area contributed by atoms with Gasteiger partial charge in [-0.1, -0.05) is 30.3 Å². The number of halogens is 1. The monoisotopic (exact) mass is 562 g/mol. The van der Waals surface area contributed by atoms with E-state index in [-0.39, 0.29) is 30.0 Å². The molecule has 0 saturated carbocycles. The molecule has 4 rings (SSSR count). The van der Waals surface area contributed by atoms with E-state index in [0.717, 1.165) is 60.6 Å². The number of hydrogen-bond acceptors (Lipinski definition) is 5. The quantitative estimate of drug-likeness (QED) is 0.246. The number of fused-ring (bicyclic) bond motifs is 1. The summed E-state index contributed by atoms with van der Waals surface area (Å²) in [6, 6.07) is 18.1. The molecule has 1 aliphatic heterocycles. The molecule has 0 bridgehead atoms. The van der Waals surface area contributed by atoms with E-state index in [1.165, 1.54) is 0 Å². The molecule has 0 amide bonds. The van der Waals surface area contributed by atoms with Crippen LogP contribution in [0, 0.1) is 0 Å². The first-order valence-corrected chi connectivity index (χ1v) is 11.0. The largest absolute Gasteiger partial charge is 0.457 e. The van der Waals surface area contributed by atoms with Gasteiger partial charge in [0, 0.05) is 26.1 Å². The summed E-state index contributed by atoms with van der Waals surface area (Å²) in [5.74, 6) is 4.18. The molecule has 0 radical (unpaired) electrons. The number of nitrogens with zero attached hydrogens (tertiary/aromatic N) is 4. The van der Waals surface area contributed by atoms with Crippen molar-refractivity contribution in [3.8, 4) is 11.5 Å². The van der Waals surface area contributed by atoms with Crippen LogP contribution in [0.1, 0.15) is 30.6 Å². The molecule has 0 aliphatic carbocycles. The normalized spacial score (nSPS) is 15.3. The molecule has 2 heterocycles. The van der Waals surface area contributed by atoms with E-state index in [0.29, 0.717) is 13.2 Å². The van der Waals surface area contributed by atoms with E-state index in [4.69, 9.17) is 14.5 Å². The topological polar surface area (TPSA) is 85.6 Å². The average molecular weight is 562 g/mol. The highest BCUT2D eigenvalue weighted by atomic mass is 127. The highest BCUT2D eigenvalue weighted by molar-refractivity contribution is 14.0. The van der Waals surface area contributed by atoms with Gasteiger partial charge in [0.25, 0.3) is 0 Å². The average Bonchev–Trinajstić information content (AvgIpc) is 3.20. The van der Waals surface area contributed by atoms with E-state index < -0.39 is 0 Å². The van der Waals surface area contributed by atoms with E-state index in [1.54, 1.807) is 7.11 Å². The first-order chi connectivity index (χ1) is 15.7. The van der Waals surface area contributed by atoms with Gasteiger partial charge in [-0.2, -0.15) is 5.10 Å². The minimum atomic E-state index is 0. The lowest BCUT2D eigenvalue weighted by molar-refractivity contribution is 0.177. The smallest absolute Gasteiger partial charge is 0.191 e. The Balaban J connectivity index is 0.00000306. The Bertz CT molecular complexity index is 1040. The Morgan fingerprint density at radius 1 is 1.15 bits per heavy atom. The predicted octanol–water partition coefficient (Wildman–Crippen LogP) is 3.90. The molecule has 2 N–H and O–H groups in total. The van der Waals surface area contributed by atoms with Gasteiger partial charge in [-0.05, 0) is 43.2 Å². The molecule has 8 nitrogen and oxygen atoms in total. The van der Waals surface area contributed by atoms with Gasteiger partial charge in [-0.3, -0.25) is 0 Å². The third kappa shape index (κ3) is 7.16. The van der Waals surface area contributed by atoms with Gasteiger partial charge in [-0.15, -0.1) is 24.0 Å². The molecule has 0 spiro atoms. The number of ether oxygens (including phenoxy) is 2. The molecule has 0 saturated heterocycles. The van der Waals surface area contributed by atoms with E-state index in [1.807, 2.05) is 53.2 Å². The Morgan fingerprint density at radius 2 is 1.97 bits per heavy atom. The molecular weight excluding hydrogens is 531 g/mol. The molecule has 2 aromatic carbocycles. The number of nitrogens with one attached hydrogen (secondary N) is 2. The van der Waals surface area contributed by atoms with Gasteiger partial charge in [0.15, 0.2) is 11.8 Å². The maximum Gasteiger partial charge on any atom is 0.191 e. The number of aromatic nitrogens is 3. The second-order valence-corrected chi connectivity index (χ2v) is 7.70. The van der Waals surface area contributed by atoms with Crippen LogP contribution < -0.4 is 15.4 Å². The van der Waals surface area contributed by atoms with Gasteiger partial charge in [-0.25, -0.2) is 14.7 Å². The highest BCUT2D eigenvalue weighted by Gasteiger charge is 2.22. The van der Waals surface area contributed by atoms with Crippen LogP contribution >= 0.6 is 24.0 Å². The highest BCUT2D eigenvalue weighted by Crippen LogP contribution is 2.22. The van der Waals surface area contributed by atoms with Crippen LogP contribution in [-0.4, -0.2) is 40.4 Å². The molecular formula is C24H31IN6O2. The van der Waals surface area contributed by atoms with Crippen molar-refractivity contribution in [2.75, 3.05) is 13.7 Å². The zero-order valence-electron chi connectivity index (χ0n) is 19.0. The Morgan fingerprint density at radius 3 is 2.76 bits per heavy atom. The second-order valence-electron chi connectivity index (χ2n) is 7.70. The molecule has 3 aromatic rings. The predicted molar refractivity (Wildman–Crippen MR) is 139 cm³/mol. The van der Waals surface area contributed by atoms with Gasteiger partial charge < -0.3 is 20.1 Å². The summed E-state index contributed by atoms with van der Waals surface area (Å²) < 4.78 is 13.1. The molecule has 9 heteroatoms. The van der Waals surface area contributed by atoms with Crippen LogP contribution in [0.25, 0.3) is 0 Å². The van der Waals surface area contributed by atoms with Crippen molar-refractivity contribution in [3.63, 3.8) is 0 Å². The third-order valence-corrected chi connectivity index (χ3v) is 5.16. The molecule has 176 valence electrons. The molecule has 1 aromatic heterocycles. The summed E-state index contributed by atoms with van der Waals surface area (Å²) >= 11 is 0. The number of rotatable bonds is 8. The fourth-order valence-electron chi connectivity index (χ4n) is 3.68. The second kappa shape index (κ2) is 12.5. The van der Waals surface area contributed by atoms with Crippen molar-refractivity contribution < 1.29 is 9.47 Å². The molecule has 33 heavy (non-hydrogen) atoms. The molecule has 1 unspecified atom stereocenters. The van der Waals surface area contributed by atoms with Crippen LogP contribution in [0.3, 0.4) is 0 Å². The molecule has 0 fully saturated rings. The lowest BCUT2D eigenvalue weighted by Crippen LogP contribution is -2.47.